The molecule has 28 heavy (non-hydrogen) atoms. The van der Waals surface area contributed by atoms with Gasteiger partial charge in [0.05, 0.1) is 38.6 Å². The lowest BCUT2D eigenvalue weighted by molar-refractivity contribution is 0.0247. The van der Waals surface area contributed by atoms with Crippen LogP contribution in [0.1, 0.15) is 15.9 Å². The van der Waals surface area contributed by atoms with E-state index in [-0.39, 0.29) is 12.4 Å². The highest BCUT2D eigenvalue weighted by molar-refractivity contribution is 14.1. The smallest absolute Gasteiger partial charge is 0.232 e. The summed E-state index contributed by atoms with van der Waals surface area (Å²) in [5.41, 5.74) is 1.45. The van der Waals surface area contributed by atoms with E-state index in [2.05, 4.69) is 22.6 Å². The summed E-state index contributed by atoms with van der Waals surface area (Å²) >= 11 is 2.18. The molecule has 1 heterocycles. The molecule has 0 radical (unpaired) electrons. The van der Waals surface area contributed by atoms with Gasteiger partial charge in [-0.2, -0.15) is 0 Å². The van der Waals surface area contributed by atoms with Crippen molar-refractivity contribution in [2.24, 2.45) is 0 Å². The summed E-state index contributed by atoms with van der Waals surface area (Å²) in [6.07, 6.45) is 1.73. The molecule has 0 unspecified atom stereocenters. The lowest BCUT2D eigenvalue weighted by Crippen LogP contribution is -2.11. The SMILES string of the molecule is O=C1C(=Cc2ccc(OCCOCCOCCO)cc2)Oc2ccc(I)cc21. The van der Waals surface area contributed by atoms with Crippen molar-refractivity contribution < 1.29 is 28.8 Å². The van der Waals surface area contributed by atoms with Crippen LogP contribution in [0.3, 0.4) is 0 Å². The quantitative estimate of drug-likeness (QED) is 0.309. The number of allylic oxidation sites excluding steroid dienone is 1. The number of rotatable bonds is 10. The van der Waals surface area contributed by atoms with Crippen molar-refractivity contribution in [2.45, 2.75) is 0 Å². The first kappa shape index (κ1) is 20.8. The highest BCUT2D eigenvalue weighted by Crippen LogP contribution is 2.33. The minimum Gasteiger partial charge on any atom is -0.491 e. The van der Waals surface area contributed by atoms with Crippen molar-refractivity contribution in [1.29, 1.82) is 0 Å². The van der Waals surface area contributed by atoms with Gasteiger partial charge in [0.25, 0.3) is 0 Å². The van der Waals surface area contributed by atoms with Crippen LogP contribution < -0.4 is 9.47 Å². The Morgan fingerprint density at radius 2 is 1.68 bits per heavy atom. The average Bonchev–Trinajstić information content (AvgIpc) is 3.00. The molecule has 0 spiro atoms. The van der Waals surface area contributed by atoms with Crippen molar-refractivity contribution in [3.63, 3.8) is 0 Å². The summed E-state index contributed by atoms with van der Waals surface area (Å²) in [5.74, 6) is 1.54. The Kier molecular flexibility index (Phi) is 7.84. The van der Waals surface area contributed by atoms with Crippen LogP contribution in [0.2, 0.25) is 0 Å². The zero-order valence-corrected chi connectivity index (χ0v) is 17.4. The topological polar surface area (TPSA) is 74.2 Å². The minimum atomic E-state index is -0.103. The Labute approximate surface area is 177 Å². The van der Waals surface area contributed by atoms with Crippen LogP contribution in [-0.4, -0.2) is 50.5 Å². The molecule has 0 fully saturated rings. The van der Waals surface area contributed by atoms with Crippen LogP contribution in [-0.2, 0) is 9.47 Å². The van der Waals surface area contributed by atoms with E-state index >= 15 is 0 Å². The maximum atomic E-state index is 12.4. The molecule has 1 aliphatic heterocycles. The third-order valence-electron chi connectivity index (χ3n) is 3.91. The van der Waals surface area contributed by atoms with Gasteiger partial charge in [-0.3, -0.25) is 4.79 Å². The van der Waals surface area contributed by atoms with E-state index in [1.54, 1.807) is 6.08 Å². The molecule has 148 valence electrons. The standard InChI is InChI=1S/C21H21IO6/c22-16-3-6-19-18(14-16)21(24)20(28-19)13-15-1-4-17(5-2-15)27-12-11-26-10-9-25-8-7-23/h1-6,13-14,23H,7-12H2. The second kappa shape index (κ2) is 10.6. The molecule has 0 saturated carbocycles. The van der Waals surface area contributed by atoms with Crippen LogP contribution >= 0.6 is 22.6 Å². The molecule has 1 N–H and O–H groups in total. The predicted octanol–water partition coefficient (Wildman–Crippen LogP) is 3.31. The number of aliphatic hydroxyl groups excluding tert-OH is 1. The molecule has 6 nitrogen and oxygen atoms in total. The Morgan fingerprint density at radius 1 is 0.964 bits per heavy atom. The van der Waals surface area contributed by atoms with E-state index in [0.29, 0.717) is 50.1 Å². The largest absolute Gasteiger partial charge is 0.491 e. The normalized spacial score (nSPS) is 14.2. The van der Waals surface area contributed by atoms with Crippen molar-refractivity contribution in [3.8, 4) is 11.5 Å². The fourth-order valence-electron chi connectivity index (χ4n) is 2.58. The average molecular weight is 496 g/mol. The maximum Gasteiger partial charge on any atom is 0.232 e. The van der Waals surface area contributed by atoms with E-state index in [1.807, 2.05) is 42.5 Å². The number of hydrogen-bond donors (Lipinski definition) is 1. The van der Waals surface area contributed by atoms with E-state index in [1.165, 1.54) is 0 Å². The summed E-state index contributed by atoms with van der Waals surface area (Å²) in [6.45, 7) is 2.13. The molecular weight excluding hydrogens is 475 g/mol. The van der Waals surface area contributed by atoms with Crippen LogP contribution in [0.25, 0.3) is 6.08 Å². The van der Waals surface area contributed by atoms with E-state index in [0.717, 1.165) is 14.9 Å². The van der Waals surface area contributed by atoms with Gasteiger partial charge in [-0.25, -0.2) is 0 Å². The molecule has 3 rings (SSSR count). The first-order valence-corrected chi connectivity index (χ1v) is 9.98. The van der Waals surface area contributed by atoms with Gasteiger partial charge < -0.3 is 24.1 Å². The van der Waals surface area contributed by atoms with Crippen molar-refractivity contribution in [3.05, 3.63) is 62.9 Å². The number of ether oxygens (including phenoxy) is 4. The number of aliphatic hydroxyl groups is 1. The number of fused-ring (bicyclic) bond motifs is 1. The van der Waals surface area contributed by atoms with Crippen LogP contribution in [0.4, 0.5) is 0 Å². The molecule has 0 atom stereocenters. The number of carbonyl (C=O) groups is 1. The maximum absolute atomic E-state index is 12.4. The summed E-state index contributed by atoms with van der Waals surface area (Å²) in [6, 6.07) is 13.0. The molecule has 2 aromatic carbocycles. The highest BCUT2D eigenvalue weighted by atomic mass is 127. The van der Waals surface area contributed by atoms with Gasteiger partial charge in [0, 0.05) is 3.57 Å². The highest BCUT2D eigenvalue weighted by Gasteiger charge is 2.27. The Morgan fingerprint density at radius 3 is 2.43 bits per heavy atom. The van der Waals surface area contributed by atoms with Gasteiger partial charge in [-0.05, 0) is 64.6 Å². The fraction of sp³-hybridized carbons (Fsp3) is 0.286. The summed E-state index contributed by atoms with van der Waals surface area (Å²) < 4.78 is 22.8. The van der Waals surface area contributed by atoms with Crippen molar-refractivity contribution >= 4 is 34.5 Å². The lowest BCUT2D eigenvalue weighted by Gasteiger charge is -2.08. The molecule has 0 aliphatic carbocycles. The van der Waals surface area contributed by atoms with Gasteiger partial charge in [0.2, 0.25) is 5.78 Å². The van der Waals surface area contributed by atoms with Gasteiger partial charge in [-0.15, -0.1) is 0 Å². The minimum absolute atomic E-state index is 0.0162. The molecule has 0 saturated heterocycles. The first-order chi connectivity index (χ1) is 13.7. The van der Waals surface area contributed by atoms with Crippen molar-refractivity contribution in [2.75, 3.05) is 39.6 Å². The predicted molar refractivity (Wildman–Crippen MR) is 113 cm³/mol. The Bertz CT molecular complexity index is 831. The van der Waals surface area contributed by atoms with E-state index < -0.39 is 0 Å². The number of benzene rings is 2. The van der Waals surface area contributed by atoms with Gasteiger partial charge >= 0.3 is 0 Å². The molecule has 7 heteroatoms. The number of ketones is 1. The van der Waals surface area contributed by atoms with Gasteiger partial charge in [0.15, 0.2) is 5.76 Å². The fourth-order valence-corrected chi connectivity index (χ4v) is 3.07. The van der Waals surface area contributed by atoms with Crippen LogP contribution in [0.15, 0.2) is 48.2 Å². The zero-order valence-electron chi connectivity index (χ0n) is 15.2. The van der Waals surface area contributed by atoms with E-state index in [4.69, 9.17) is 24.1 Å². The molecular formula is C21H21IO6. The number of carbonyl (C=O) groups excluding carboxylic acids is 1. The van der Waals surface area contributed by atoms with Crippen molar-refractivity contribution in [1.82, 2.24) is 0 Å². The first-order valence-electron chi connectivity index (χ1n) is 8.90. The third-order valence-corrected chi connectivity index (χ3v) is 4.58. The monoisotopic (exact) mass is 496 g/mol. The Hall–Kier alpha value is -1.94. The summed E-state index contributed by atoms with van der Waals surface area (Å²) in [5, 5.41) is 8.58. The molecule has 0 aromatic heterocycles. The number of Topliss-reactive ketones (excluding diaryl/α,β-unsaturated/α-hetero) is 1. The zero-order chi connectivity index (χ0) is 19.8. The molecule has 2 aromatic rings. The second-order valence-corrected chi connectivity index (χ2v) is 7.19. The molecule has 1 aliphatic rings. The summed E-state index contributed by atoms with van der Waals surface area (Å²) in [7, 11) is 0. The van der Waals surface area contributed by atoms with E-state index in [9.17, 15) is 4.79 Å². The van der Waals surface area contributed by atoms with Gasteiger partial charge in [0.1, 0.15) is 18.1 Å². The van der Waals surface area contributed by atoms with Gasteiger partial charge in [-0.1, -0.05) is 12.1 Å². The van der Waals surface area contributed by atoms with Crippen LogP contribution in [0.5, 0.6) is 11.5 Å². The lowest BCUT2D eigenvalue weighted by atomic mass is 10.1. The molecule has 0 amide bonds. The second-order valence-electron chi connectivity index (χ2n) is 5.95. The Balaban J connectivity index is 1.46. The number of hydrogen-bond acceptors (Lipinski definition) is 6. The third kappa shape index (κ3) is 5.78. The summed E-state index contributed by atoms with van der Waals surface area (Å²) in [4.78, 5) is 12.4. The van der Waals surface area contributed by atoms with Crippen LogP contribution in [0, 0.1) is 3.57 Å². The molecule has 0 bridgehead atoms. The number of halogens is 1.